The van der Waals surface area contributed by atoms with Crippen molar-refractivity contribution in [3.63, 3.8) is 0 Å². The first kappa shape index (κ1) is 21.9. The first-order valence-electron chi connectivity index (χ1n) is 10.5. The number of fused-ring (bicyclic) bond motifs is 1. The van der Waals surface area contributed by atoms with Crippen LogP contribution in [-0.2, 0) is 11.3 Å². The molecule has 2 aromatic heterocycles. The van der Waals surface area contributed by atoms with Crippen LogP contribution in [0.1, 0.15) is 22.4 Å². The van der Waals surface area contributed by atoms with Crippen LogP contribution in [0.2, 0.25) is 0 Å². The van der Waals surface area contributed by atoms with Gasteiger partial charge in [-0.2, -0.15) is 0 Å². The Morgan fingerprint density at radius 2 is 1.91 bits per heavy atom. The summed E-state index contributed by atoms with van der Waals surface area (Å²) >= 11 is 1.38. The fourth-order valence-corrected chi connectivity index (χ4v) is 4.57. The molecule has 2 N–H and O–H groups in total. The Morgan fingerprint density at radius 1 is 1.16 bits per heavy atom. The van der Waals surface area contributed by atoms with E-state index in [2.05, 4.69) is 53.1 Å². The zero-order valence-corrected chi connectivity index (χ0v) is 19.6. The third-order valence-electron chi connectivity index (χ3n) is 5.67. The molecule has 2 aromatic carbocycles. The average molecular weight is 446 g/mol. The highest BCUT2D eigenvalue weighted by molar-refractivity contribution is 7.99. The van der Waals surface area contributed by atoms with Gasteiger partial charge in [0.25, 0.3) is 0 Å². The van der Waals surface area contributed by atoms with Crippen molar-refractivity contribution in [2.75, 3.05) is 11.1 Å². The molecule has 164 valence electrons. The minimum Gasteiger partial charge on any atom is -0.358 e. The topological polar surface area (TPSA) is 75.6 Å². The largest absolute Gasteiger partial charge is 0.358 e. The lowest BCUT2D eigenvalue weighted by atomic mass is 10.1. The van der Waals surface area contributed by atoms with E-state index < -0.39 is 0 Å². The third-order valence-corrected chi connectivity index (χ3v) is 6.64. The third kappa shape index (κ3) is 4.21. The van der Waals surface area contributed by atoms with Crippen LogP contribution in [0.25, 0.3) is 22.3 Å². The number of allylic oxidation sites excluding steroid dienone is 1. The summed E-state index contributed by atoms with van der Waals surface area (Å²) in [4.78, 5) is 16.0. The van der Waals surface area contributed by atoms with Crippen molar-refractivity contribution < 1.29 is 4.79 Å². The summed E-state index contributed by atoms with van der Waals surface area (Å²) in [6.07, 6.45) is 1.82. The Morgan fingerprint density at radius 3 is 2.62 bits per heavy atom. The Kier molecular flexibility index (Phi) is 6.19. The van der Waals surface area contributed by atoms with E-state index in [0.29, 0.717) is 11.7 Å². The highest BCUT2D eigenvalue weighted by Gasteiger charge is 2.17. The number of H-pyrrole nitrogens is 1. The van der Waals surface area contributed by atoms with Gasteiger partial charge in [-0.05, 0) is 62.6 Å². The second-order valence-electron chi connectivity index (χ2n) is 7.94. The molecule has 6 nitrogen and oxygen atoms in total. The zero-order valence-electron chi connectivity index (χ0n) is 18.8. The van der Waals surface area contributed by atoms with Gasteiger partial charge in [0.15, 0.2) is 11.0 Å². The van der Waals surface area contributed by atoms with Crippen molar-refractivity contribution in [3.05, 3.63) is 71.4 Å². The molecule has 0 bridgehead atoms. The molecule has 0 aliphatic rings. The minimum atomic E-state index is -0.0676. The van der Waals surface area contributed by atoms with Crippen molar-refractivity contribution in [3.8, 4) is 11.4 Å². The van der Waals surface area contributed by atoms with Crippen molar-refractivity contribution in [2.45, 2.75) is 39.4 Å². The summed E-state index contributed by atoms with van der Waals surface area (Å²) in [7, 11) is 0. The molecule has 0 aliphatic carbocycles. The molecule has 0 saturated heterocycles. The molecule has 0 aliphatic heterocycles. The second kappa shape index (κ2) is 9.04. The van der Waals surface area contributed by atoms with Gasteiger partial charge in [0.05, 0.1) is 5.75 Å². The minimum absolute atomic E-state index is 0.0676. The number of amides is 1. The van der Waals surface area contributed by atoms with Crippen molar-refractivity contribution in [1.29, 1.82) is 0 Å². The molecule has 32 heavy (non-hydrogen) atoms. The number of aryl methyl sites for hydroxylation is 4. The van der Waals surface area contributed by atoms with Gasteiger partial charge in [0.2, 0.25) is 5.91 Å². The lowest BCUT2D eigenvalue weighted by molar-refractivity contribution is -0.113. The van der Waals surface area contributed by atoms with Gasteiger partial charge in [0, 0.05) is 34.4 Å². The van der Waals surface area contributed by atoms with Crippen LogP contribution in [-0.4, -0.2) is 31.4 Å². The molecule has 0 radical (unpaired) electrons. The number of rotatable bonds is 7. The van der Waals surface area contributed by atoms with Gasteiger partial charge in [-0.1, -0.05) is 36.0 Å². The fraction of sp³-hybridized carbons (Fsp3) is 0.240. The van der Waals surface area contributed by atoms with Crippen LogP contribution in [0.5, 0.6) is 0 Å². The van der Waals surface area contributed by atoms with E-state index in [4.69, 9.17) is 0 Å². The van der Waals surface area contributed by atoms with Crippen LogP contribution in [0, 0.1) is 27.7 Å². The maximum atomic E-state index is 12.6. The van der Waals surface area contributed by atoms with Gasteiger partial charge in [-0.3, -0.25) is 9.36 Å². The Hall–Kier alpha value is -3.32. The molecule has 2 heterocycles. The van der Waals surface area contributed by atoms with E-state index in [1.54, 1.807) is 0 Å². The summed E-state index contributed by atoms with van der Waals surface area (Å²) < 4.78 is 2.00. The molecule has 4 aromatic rings. The number of aromatic nitrogens is 4. The van der Waals surface area contributed by atoms with Crippen LogP contribution >= 0.6 is 11.8 Å². The molecular formula is C25H27N5OS. The summed E-state index contributed by atoms with van der Waals surface area (Å²) in [6, 6.07) is 12.2. The van der Waals surface area contributed by atoms with E-state index >= 15 is 0 Å². The number of benzene rings is 2. The molecule has 0 saturated carbocycles. The predicted molar refractivity (Wildman–Crippen MR) is 132 cm³/mol. The Labute approximate surface area is 192 Å². The molecule has 1 amide bonds. The smallest absolute Gasteiger partial charge is 0.234 e. The maximum Gasteiger partial charge on any atom is 0.234 e. The number of anilines is 1. The number of para-hydroxylation sites is 1. The molecule has 4 rings (SSSR count). The summed E-state index contributed by atoms with van der Waals surface area (Å²) in [5.74, 6) is 0.947. The molecule has 7 heteroatoms. The number of carbonyl (C=O) groups excluding carboxylic acids is 1. The number of thioether (sulfide) groups is 1. The number of nitrogens with one attached hydrogen (secondary N) is 2. The SMILES string of the molecule is C=CCn1c(SCC(=O)Nc2c(C)cccc2C)nnc1-c1ccc2[nH]c(C)c(C)c2c1. The highest BCUT2D eigenvalue weighted by Crippen LogP contribution is 2.29. The number of hydrogen-bond donors (Lipinski definition) is 2. The molecule has 0 atom stereocenters. The van der Waals surface area contributed by atoms with E-state index in [1.807, 2.05) is 48.8 Å². The molecule has 0 fully saturated rings. The van der Waals surface area contributed by atoms with E-state index in [1.165, 1.54) is 22.7 Å². The van der Waals surface area contributed by atoms with Crippen LogP contribution < -0.4 is 5.32 Å². The van der Waals surface area contributed by atoms with E-state index in [-0.39, 0.29) is 11.7 Å². The van der Waals surface area contributed by atoms with Crippen molar-refractivity contribution >= 4 is 34.3 Å². The van der Waals surface area contributed by atoms with E-state index in [9.17, 15) is 4.79 Å². The second-order valence-corrected chi connectivity index (χ2v) is 8.89. The van der Waals surface area contributed by atoms with Gasteiger partial charge in [0.1, 0.15) is 0 Å². The number of aromatic amines is 1. The molecule has 0 unspecified atom stereocenters. The number of hydrogen-bond acceptors (Lipinski definition) is 4. The predicted octanol–water partition coefficient (Wildman–Crippen LogP) is 5.58. The van der Waals surface area contributed by atoms with Crippen LogP contribution in [0.15, 0.2) is 54.2 Å². The maximum absolute atomic E-state index is 12.6. The summed E-state index contributed by atoms with van der Waals surface area (Å²) in [6.45, 7) is 12.6. The van der Waals surface area contributed by atoms with Gasteiger partial charge >= 0.3 is 0 Å². The van der Waals surface area contributed by atoms with E-state index in [0.717, 1.165) is 39.4 Å². The van der Waals surface area contributed by atoms with Crippen molar-refractivity contribution in [1.82, 2.24) is 19.7 Å². The fourth-order valence-electron chi connectivity index (χ4n) is 3.82. The van der Waals surface area contributed by atoms with Crippen LogP contribution in [0.4, 0.5) is 5.69 Å². The molecular weight excluding hydrogens is 418 g/mol. The number of carbonyl (C=O) groups is 1. The Balaban J connectivity index is 1.56. The monoisotopic (exact) mass is 445 g/mol. The quantitative estimate of drug-likeness (QED) is 0.288. The lowest BCUT2D eigenvalue weighted by Gasteiger charge is -2.11. The first-order chi connectivity index (χ1) is 15.4. The van der Waals surface area contributed by atoms with Crippen molar-refractivity contribution in [2.24, 2.45) is 0 Å². The lowest BCUT2D eigenvalue weighted by Crippen LogP contribution is -2.16. The normalized spacial score (nSPS) is 11.1. The molecule has 0 spiro atoms. The van der Waals surface area contributed by atoms with Gasteiger partial charge in [-0.15, -0.1) is 16.8 Å². The summed E-state index contributed by atoms with van der Waals surface area (Å²) in [5, 5.41) is 13.7. The zero-order chi connectivity index (χ0) is 22.8. The standard InChI is InChI=1S/C25H27N5OS/c1-6-12-30-24(19-10-11-21-20(13-19)17(4)18(5)26-21)28-29-25(30)32-14-22(31)27-23-15(2)8-7-9-16(23)3/h6-11,13,26H,1,12,14H2,2-5H3,(H,27,31). The van der Waals surface area contributed by atoms with Gasteiger partial charge < -0.3 is 10.3 Å². The summed E-state index contributed by atoms with van der Waals surface area (Å²) in [5.41, 5.74) is 7.46. The van der Waals surface area contributed by atoms with Crippen LogP contribution in [0.3, 0.4) is 0 Å². The number of nitrogens with zero attached hydrogens (tertiary/aromatic N) is 3. The first-order valence-corrected chi connectivity index (χ1v) is 11.5. The highest BCUT2D eigenvalue weighted by atomic mass is 32.2. The van der Waals surface area contributed by atoms with Gasteiger partial charge in [-0.25, -0.2) is 0 Å². The average Bonchev–Trinajstić information content (AvgIpc) is 3.30. The Bertz CT molecular complexity index is 1300.